The third-order valence-electron chi connectivity index (χ3n) is 5.65. The highest BCUT2D eigenvalue weighted by Gasteiger charge is 2.33. The summed E-state index contributed by atoms with van der Waals surface area (Å²) >= 11 is 0. The second-order valence-corrected chi connectivity index (χ2v) is 8.19. The number of hydrogen-bond acceptors (Lipinski definition) is 4. The molecule has 0 aliphatic heterocycles. The molecule has 0 spiro atoms. The van der Waals surface area contributed by atoms with Crippen molar-refractivity contribution >= 4 is 17.5 Å². The van der Waals surface area contributed by atoms with E-state index in [1.54, 1.807) is 28.1 Å². The van der Waals surface area contributed by atoms with Gasteiger partial charge in [-0.1, -0.05) is 37.0 Å². The Morgan fingerprint density at radius 2 is 1.42 bits per heavy atom. The van der Waals surface area contributed by atoms with Crippen molar-refractivity contribution in [3.63, 3.8) is 0 Å². The number of hydrogen-bond donors (Lipinski definition) is 1. The second kappa shape index (κ2) is 12.7. The first-order chi connectivity index (χ1) is 15.8. The molecule has 0 saturated heterocycles. The van der Waals surface area contributed by atoms with Gasteiger partial charge in [0.05, 0.1) is 5.92 Å². The number of carbonyl (C=O) groups is 2. The minimum absolute atomic E-state index is 0.239. The molecule has 6 heteroatoms. The Morgan fingerprint density at radius 3 is 1.94 bits per heavy atom. The lowest BCUT2D eigenvalue weighted by Crippen LogP contribution is -2.47. The smallest absolute Gasteiger partial charge is 0.252 e. The number of aliphatic hydroxyl groups is 1. The lowest BCUT2D eigenvalue weighted by atomic mass is 9.97. The molecule has 0 aromatic heterocycles. The lowest BCUT2D eigenvalue weighted by Gasteiger charge is -2.29. The van der Waals surface area contributed by atoms with Crippen LogP contribution in [-0.2, 0) is 9.59 Å². The zero-order chi connectivity index (χ0) is 24.4. The van der Waals surface area contributed by atoms with Crippen LogP contribution in [0.2, 0.25) is 0 Å². The van der Waals surface area contributed by atoms with Gasteiger partial charge in [-0.05, 0) is 49.7 Å². The molecule has 176 valence electrons. The van der Waals surface area contributed by atoms with Gasteiger partial charge in [-0.3, -0.25) is 9.59 Å². The molecule has 0 bridgehead atoms. The van der Waals surface area contributed by atoms with Crippen molar-refractivity contribution in [3.05, 3.63) is 65.7 Å². The van der Waals surface area contributed by atoms with Crippen molar-refractivity contribution in [2.75, 3.05) is 45.7 Å². The highest BCUT2D eigenvalue weighted by molar-refractivity contribution is 5.89. The van der Waals surface area contributed by atoms with Gasteiger partial charge in [-0.2, -0.15) is 0 Å². The molecule has 0 heterocycles. The molecule has 2 aromatic rings. The monoisotopic (exact) mass is 449 g/mol. The molecule has 33 heavy (non-hydrogen) atoms. The van der Waals surface area contributed by atoms with Crippen molar-refractivity contribution < 1.29 is 14.7 Å². The van der Waals surface area contributed by atoms with Crippen molar-refractivity contribution in [2.45, 2.75) is 26.4 Å². The summed E-state index contributed by atoms with van der Waals surface area (Å²) in [5, 5.41) is 10.5. The van der Waals surface area contributed by atoms with Crippen LogP contribution in [-0.4, -0.2) is 73.6 Å². The molecule has 0 saturated carbocycles. The number of aliphatic hydroxyl groups excluding tert-OH is 1. The molecule has 2 rings (SSSR count). The Balaban J connectivity index is 1.98. The van der Waals surface area contributed by atoms with E-state index in [1.165, 1.54) is 9.80 Å². The van der Waals surface area contributed by atoms with E-state index in [9.17, 15) is 14.7 Å². The molecule has 0 radical (unpaired) electrons. The van der Waals surface area contributed by atoms with Gasteiger partial charge < -0.3 is 19.8 Å². The van der Waals surface area contributed by atoms with Gasteiger partial charge >= 0.3 is 0 Å². The highest BCUT2D eigenvalue weighted by atomic mass is 16.3. The summed E-state index contributed by atoms with van der Waals surface area (Å²) in [6.45, 7) is 5.68. The van der Waals surface area contributed by atoms with Crippen LogP contribution >= 0.6 is 0 Å². The van der Waals surface area contributed by atoms with Gasteiger partial charge in [0.15, 0.2) is 0 Å². The van der Waals surface area contributed by atoms with Gasteiger partial charge in [0.1, 0.15) is 6.10 Å². The van der Waals surface area contributed by atoms with Crippen LogP contribution in [0, 0.1) is 17.8 Å². The van der Waals surface area contributed by atoms with E-state index in [-0.39, 0.29) is 5.91 Å². The van der Waals surface area contributed by atoms with E-state index in [1.807, 2.05) is 54.6 Å². The topological polar surface area (TPSA) is 64.1 Å². The van der Waals surface area contributed by atoms with E-state index in [0.29, 0.717) is 19.5 Å². The van der Waals surface area contributed by atoms with Crippen molar-refractivity contribution in [1.29, 1.82) is 0 Å². The maximum absolute atomic E-state index is 12.7. The molecule has 2 aromatic carbocycles. The Bertz CT molecular complexity index is 962. The average molecular weight is 450 g/mol. The maximum Gasteiger partial charge on any atom is 0.252 e. The minimum atomic E-state index is -1.34. The summed E-state index contributed by atoms with van der Waals surface area (Å²) in [4.78, 5) is 30.1. The third-order valence-corrected chi connectivity index (χ3v) is 5.65. The number of likely N-dealkylation sites (N-methyl/N-ethyl adjacent to an activating group) is 2. The van der Waals surface area contributed by atoms with Crippen LogP contribution in [0.5, 0.6) is 0 Å². The van der Waals surface area contributed by atoms with Crippen molar-refractivity contribution in [1.82, 2.24) is 9.80 Å². The van der Waals surface area contributed by atoms with E-state index in [0.717, 1.165) is 23.4 Å². The van der Waals surface area contributed by atoms with Crippen LogP contribution < -0.4 is 4.90 Å². The summed E-state index contributed by atoms with van der Waals surface area (Å²) < 4.78 is 0. The predicted molar refractivity (Wildman–Crippen MR) is 133 cm³/mol. The van der Waals surface area contributed by atoms with E-state index in [2.05, 4.69) is 23.7 Å². The Kier molecular flexibility index (Phi) is 9.96. The van der Waals surface area contributed by atoms with E-state index < -0.39 is 17.9 Å². The lowest BCUT2D eigenvalue weighted by molar-refractivity contribution is -0.149. The zero-order valence-electron chi connectivity index (χ0n) is 20.3. The Morgan fingerprint density at radius 1 is 0.848 bits per heavy atom. The van der Waals surface area contributed by atoms with Gasteiger partial charge in [-0.25, -0.2) is 0 Å². The molecule has 2 unspecified atom stereocenters. The summed E-state index contributed by atoms with van der Waals surface area (Å²) in [5.74, 6) is 4.93. The first-order valence-corrected chi connectivity index (χ1v) is 11.3. The molecule has 0 fully saturated rings. The summed E-state index contributed by atoms with van der Waals surface area (Å²) in [6, 6.07) is 17.9. The summed E-state index contributed by atoms with van der Waals surface area (Å²) in [5.41, 5.74) is 2.95. The number of nitrogens with zero attached hydrogens (tertiary/aromatic N) is 3. The first kappa shape index (κ1) is 26.0. The number of amides is 2. The van der Waals surface area contributed by atoms with Gasteiger partial charge in [0.2, 0.25) is 5.91 Å². The quantitative estimate of drug-likeness (QED) is 0.598. The molecule has 0 aliphatic rings. The summed E-state index contributed by atoms with van der Waals surface area (Å²) in [6.07, 6.45) is -0.939. The SMILES string of the molecule is CCC(C(=O)N(C)C)C(O)C(=O)N(C)CCN(CC)c1ccc(C#Cc2ccccc2)cc1. The Hall–Kier alpha value is -3.30. The first-order valence-electron chi connectivity index (χ1n) is 11.3. The molecule has 0 aliphatic carbocycles. The fraction of sp³-hybridized carbons (Fsp3) is 0.407. The number of anilines is 1. The highest BCUT2D eigenvalue weighted by Crippen LogP contribution is 2.16. The van der Waals surface area contributed by atoms with Gasteiger partial charge in [0.25, 0.3) is 5.91 Å². The number of benzene rings is 2. The average Bonchev–Trinajstić information content (AvgIpc) is 2.84. The Labute approximate surface area is 197 Å². The fourth-order valence-corrected chi connectivity index (χ4v) is 3.53. The third kappa shape index (κ3) is 7.37. The van der Waals surface area contributed by atoms with Crippen LogP contribution in [0.4, 0.5) is 5.69 Å². The van der Waals surface area contributed by atoms with Crippen LogP contribution in [0.15, 0.2) is 54.6 Å². The van der Waals surface area contributed by atoms with Crippen LogP contribution in [0.1, 0.15) is 31.4 Å². The molecular formula is C27H35N3O3. The molecule has 2 amide bonds. The zero-order valence-corrected chi connectivity index (χ0v) is 20.3. The summed E-state index contributed by atoms with van der Waals surface area (Å²) in [7, 11) is 4.92. The number of rotatable bonds is 9. The van der Waals surface area contributed by atoms with Gasteiger partial charge in [0, 0.05) is 57.6 Å². The normalized spacial score (nSPS) is 12.2. The standard InChI is InChI=1S/C27H35N3O3/c1-6-24(26(32)28(3)4)25(31)27(33)29(5)19-20-30(7-2)23-17-15-22(16-18-23)14-13-21-11-9-8-10-12-21/h8-12,15-18,24-25,31H,6-7,19-20H2,1-5H3. The van der Waals surface area contributed by atoms with E-state index >= 15 is 0 Å². The molecular weight excluding hydrogens is 414 g/mol. The molecule has 2 atom stereocenters. The maximum atomic E-state index is 12.7. The minimum Gasteiger partial charge on any atom is -0.382 e. The number of carbonyl (C=O) groups excluding carboxylic acids is 2. The van der Waals surface area contributed by atoms with Crippen LogP contribution in [0.25, 0.3) is 0 Å². The second-order valence-electron chi connectivity index (χ2n) is 8.19. The van der Waals surface area contributed by atoms with E-state index in [4.69, 9.17) is 0 Å². The van der Waals surface area contributed by atoms with Crippen molar-refractivity contribution in [2.24, 2.45) is 5.92 Å². The largest absolute Gasteiger partial charge is 0.382 e. The molecule has 1 N–H and O–H groups in total. The predicted octanol–water partition coefficient (Wildman–Crippen LogP) is 2.85. The van der Waals surface area contributed by atoms with Crippen LogP contribution in [0.3, 0.4) is 0 Å². The van der Waals surface area contributed by atoms with Gasteiger partial charge in [-0.15, -0.1) is 0 Å². The molecule has 6 nitrogen and oxygen atoms in total. The van der Waals surface area contributed by atoms with Crippen molar-refractivity contribution in [3.8, 4) is 11.8 Å². The fourth-order valence-electron chi connectivity index (χ4n) is 3.53.